The molecule has 0 fully saturated rings. The second-order valence-electron chi connectivity index (χ2n) is 6.54. The van der Waals surface area contributed by atoms with E-state index in [1.807, 2.05) is 12.1 Å². The molecule has 0 aliphatic carbocycles. The fraction of sp³-hybridized carbons (Fsp3) is 0.368. The maximum atomic E-state index is 12.3. The minimum atomic E-state index is -3.45. The first-order chi connectivity index (χ1) is 11.9. The summed E-state index contributed by atoms with van der Waals surface area (Å²) in [6, 6.07) is 13.5. The van der Waals surface area contributed by atoms with Gasteiger partial charge in [-0.15, -0.1) is 4.31 Å². The van der Waals surface area contributed by atoms with Gasteiger partial charge >= 0.3 is 0 Å². The van der Waals surface area contributed by atoms with Crippen LogP contribution in [0.4, 0.5) is 0 Å². The Labute approximate surface area is 150 Å². The smallest absolute Gasteiger partial charge is 0.179 e. The summed E-state index contributed by atoms with van der Waals surface area (Å²) in [5.41, 5.74) is 3.60. The third-order valence-electron chi connectivity index (χ3n) is 4.53. The molecule has 3 rings (SSSR count). The van der Waals surface area contributed by atoms with Crippen molar-refractivity contribution in [3.05, 3.63) is 59.2 Å². The van der Waals surface area contributed by atoms with E-state index in [-0.39, 0.29) is 4.90 Å². The van der Waals surface area contributed by atoms with E-state index in [4.69, 9.17) is 4.74 Å². The van der Waals surface area contributed by atoms with Crippen molar-refractivity contribution in [2.45, 2.75) is 24.9 Å². The lowest BCUT2D eigenvalue weighted by Gasteiger charge is -2.21. The molecule has 2 aromatic carbocycles. The first kappa shape index (κ1) is 18.1. The van der Waals surface area contributed by atoms with Gasteiger partial charge in [0, 0.05) is 45.4 Å². The quantitative estimate of drug-likeness (QED) is 0.787. The first-order valence-electron chi connectivity index (χ1n) is 8.33. The maximum Gasteiger partial charge on any atom is 0.179 e. The molecule has 0 amide bonds. The highest BCUT2D eigenvalue weighted by molar-refractivity contribution is 7.95. The molecule has 5 nitrogen and oxygen atoms in total. The van der Waals surface area contributed by atoms with Crippen molar-refractivity contribution in [3.63, 3.8) is 0 Å². The molecule has 25 heavy (non-hydrogen) atoms. The SMILES string of the molecule is Cc1ccccc1CN1CCOc2cc([S+](=O)([O-])N(C)C)ccc2C1. The Balaban J connectivity index is 1.82. The molecule has 2 aromatic rings. The van der Waals surface area contributed by atoms with Crippen LogP contribution in [0.15, 0.2) is 47.4 Å². The molecule has 0 bridgehead atoms. The van der Waals surface area contributed by atoms with E-state index in [0.717, 1.165) is 25.2 Å². The monoisotopic (exact) mass is 360 g/mol. The summed E-state index contributed by atoms with van der Waals surface area (Å²) in [6.07, 6.45) is 0. The van der Waals surface area contributed by atoms with Crippen molar-refractivity contribution in [2.75, 3.05) is 27.2 Å². The van der Waals surface area contributed by atoms with Crippen LogP contribution in [0.3, 0.4) is 0 Å². The molecule has 6 heteroatoms. The fourth-order valence-corrected chi connectivity index (χ4v) is 3.86. The summed E-state index contributed by atoms with van der Waals surface area (Å²) in [6.45, 7) is 5.07. The molecule has 0 spiro atoms. The number of fused-ring (bicyclic) bond motifs is 1. The van der Waals surface area contributed by atoms with Crippen LogP contribution in [-0.4, -0.2) is 41.0 Å². The zero-order valence-corrected chi connectivity index (χ0v) is 15.7. The summed E-state index contributed by atoms with van der Waals surface area (Å²) in [7, 11) is -0.383. The summed E-state index contributed by atoms with van der Waals surface area (Å²) in [5, 5.41) is 0. The Hall–Kier alpha value is -1.73. The number of hydrogen-bond donors (Lipinski definition) is 0. The lowest BCUT2D eigenvalue weighted by molar-refractivity contribution is 0.219. The standard InChI is InChI=1S/C19H24N2O3S/c1-15-6-4-5-7-16(15)13-21-10-11-24-19-12-18(9-8-17(19)14-21)25(22,23)20(2)3/h4-9,12H,10-11,13-14H2,1-3H3. The highest BCUT2D eigenvalue weighted by atomic mass is 32.3. The van der Waals surface area contributed by atoms with Gasteiger partial charge in [-0.2, -0.15) is 0 Å². The van der Waals surface area contributed by atoms with Gasteiger partial charge in [0.15, 0.2) is 15.3 Å². The van der Waals surface area contributed by atoms with E-state index < -0.39 is 10.4 Å². The predicted octanol–water partition coefficient (Wildman–Crippen LogP) is 2.86. The number of aryl methyl sites for hydroxylation is 1. The van der Waals surface area contributed by atoms with E-state index in [2.05, 4.69) is 30.0 Å². The molecule has 1 heterocycles. The van der Waals surface area contributed by atoms with Gasteiger partial charge < -0.3 is 9.29 Å². The topological polar surface area (TPSA) is 55.8 Å². The summed E-state index contributed by atoms with van der Waals surface area (Å²) < 4.78 is 31.7. The highest BCUT2D eigenvalue weighted by Gasteiger charge is 2.26. The van der Waals surface area contributed by atoms with E-state index in [9.17, 15) is 8.76 Å². The first-order valence-corrected chi connectivity index (χ1v) is 9.77. The minimum Gasteiger partial charge on any atom is -0.593 e. The van der Waals surface area contributed by atoms with E-state index in [1.54, 1.807) is 12.1 Å². The number of rotatable bonds is 4. The molecule has 1 atom stereocenters. The van der Waals surface area contributed by atoms with Crippen molar-refractivity contribution in [2.24, 2.45) is 0 Å². The van der Waals surface area contributed by atoms with Gasteiger partial charge in [0.05, 0.1) is 0 Å². The Kier molecular flexibility index (Phi) is 5.24. The Bertz CT molecular complexity index is 807. The molecular formula is C19H24N2O3S. The van der Waals surface area contributed by atoms with Gasteiger partial charge in [-0.1, -0.05) is 28.5 Å². The number of nitrogens with zero attached hydrogens (tertiary/aromatic N) is 2. The molecule has 1 unspecified atom stereocenters. The molecule has 0 saturated carbocycles. The van der Waals surface area contributed by atoms with Gasteiger partial charge in [-0.3, -0.25) is 4.90 Å². The number of sulfonamides is 1. The predicted molar refractivity (Wildman–Crippen MR) is 98.0 cm³/mol. The molecule has 1 aliphatic heterocycles. The van der Waals surface area contributed by atoms with Gasteiger partial charge in [0.1, 0.15) is 12.4 Å². The van der Waals surface area contributed by atoms with Crippen LogP contribution < -0.4 is 4.74 Å². The number of hydrogen-bond acceptors (Lipinski definition) is 4. The molecule has 1 aliphatic rings. The van der Waals surface area contributed by atoms with Crippen molar-refractivity contribution in [1.29, 1.82) is 0 Å². The van der Waals surface area contributed by atoms with E-state index in [1.165, 1.54) is 29.5 Å². The van der Waals surface area contributed by atoms with E-state index >= 15 is 0 Å². The Morgan fingerprint density at radius 2 is 2.00 bits per heavy atom. The second kappa shape index (κ2) is 7.25. The number of benzene rings is 2. The minimum absolute atomic E-state index is 0.267. The van der Waals surface area contributed by atoms with Gasteiger partial charge in [0.25, 0.3) is 0 Å². The van der Waals surface area contributed by atoms with Gasteiger partial charge in [-0.25, -0.2) is 0 Å². The van der Waals surface area contributed by atoms with Gasteiger partial charge in [0.2, 0.25) is 0 Å². The molecule has 0 N–H and O–H groups in total. The van der Waals surface area contributed by atoms with Crippen LogP contribution >= 0.6 is 0 Å². The van der Waals surface area contributed by atoms with Crippen LogP contribution in [0.2, 0.25) is 0 Å². The summed E-state index contributed by atoms with van der Waals surface area (Å²) in [5.74, 6) is 0.662. The fourth-order valence-electron chi connectivity index (χ4n) is 2.94. The van der Waals surface area contributed by atoms with E-state index in [0.29, 0.717) is 12.4 Å². The zero-order valence-electron chi connectivity index (χ0n) is 14.9. The number of ether oxygens (including phenoxy) is 1. The molecule has 0 saturated heterocycles. The van der Waals surface area contributed by atoms with Crippen LogP contribution in [0.25, 0.3) is 0 Å². The molecule has 0 aromatic heterocycles. The Morgan fingerprint density at radius 3 is 2.72 bits per heavy atom. The molecular weight excluding hydrogens is 336 g/mol. The van der Waals surface area contributed by atoms with Crippen LogP contribution in [0.1, 0.15) is 16.7 Å². The lowest BCUT2D eigenvalue weighted by atomic mass is 10.1. The normalized spacial score (nSPS) is 17.5. The molecule has 0 radical (unpaired) electrons. The van der Waals surface area contributed by atoms with Crippen molar-refractivity contribution < 1.29 is 13.5 Å². The van der Waals surface area contributed by atoms with Crippen molar-refractivity contribution >= 4 is 10.4 Å². The average molecular weight is 360 g/mol. The lowest BCUT2D eigenvalue weighted by Crippen LogP contribution is -2.29. The maximum absolute atomic E-state index is 12.3. The van der Waals surface area contributed by atoms with Crippen LogP contribution in [0.5, 0.6) is 5.75 Å². The van der Waals surface area contributed by atoms with Crippen LogP contribution in [-0.2, 0) is 27.7 Å². The van der Waals surface area contributed by atoms with Crippen LogP contribution in [0, 0.1) is 6.92 Å². The Morgan fingerprint density at radius 1 is 1.24 bits per heavy atom. The third kappa shape index (κ3) is 3.93. The largest absolute Gasteiger partial charge is 0.593 e. The average Bonchev–Trinajstić information content (AvgIpc) is 2.77. The highest BCUT2D eigenvalue weighted by Crippen LogP contribution is 2.29. The second-order valence-corrected chi connectivity index (χ2v) is 8.69. The summed E-state index contributed by atoms with van der Waals surface area (Å²) >= 11 is 0. The zero-order chi connectivity index (χ0) is 18.0. The van der Waals surface area contributed by atoms with Gasteiger partial charge in [-0.05, 0) is 30.2 Å². The summed E-state index contributed by atoms with van der Waals surface area (Å²) in [4.78, 5) is 2.59. The third-order valence-corrected chi connectivity index (χ3v) is 6.34. The van der Waals surface area contributed by atoms with Crippen molar-refractivity contribution in [3.8, 4) is 5.75 Å². The van der Waals surface area contributed by atoms with Crippen molar-refractivity contribution in [1.82, 2.24) is 9.21 Å². The molecule has 134 valence electrons.